The third-order valence-corrected chi connectivity index (χ3v) is 4.42. The summed E-state index contributed by atoms with van der Waals surface area (Å²) in [5.41, 5.74) is -1.50. The molecular weight excluding hydrogens is 238 g/mol. The number of Topliss-reactive ketones (excluding diaryl/α,β-unsaturated/α-hetero) is 1. The normalized spacial score (nSPS) is 26.6. The summed E-state index contributed by atoms with van der Waals surface area (Å²) in [7, 11) is 1.60. The van der Waals surface area contributed by atoms with Crippen LogP contribution >= 0.6 is 10.7 Å². The molecule has 15 heavy (non-hydrogen) atoms. The van der Waals surface area contributed by atoms with Crippen molar-refractivity contribution in [2.24, 2.45) is 0 Å². The van der Waals surface area contributed by atoms with Gasteiger partial charge in [0.15, 0.2) is 0 Å². The van der Waals surface area contributed by atoms with Crippen molar-refractivity contribution in [3.05, 3.63) is 0 Å². The van der Waals surface area contributed by atoms with Crippen LogP contribution < -0.4 is 0 Å². The van der Waals surface area contributed by atoms with E-state index in [0.29, 0.717) is 0 Å². The van der Waals surface area contributed by atoms with Gasteiger partial charge < -0.3 is 0 Å². The lowest BCUT2D eigenvalue weighted by Crippen LogP contribution is -2.61. The van der Waals surface area contributed by atoms with Gasteiger partial charge in [0.2, 0.25) is 0 Å². The molecule has 1 heterocycles. The second-order valence-electron chi connectivity index (χ2n) is 5.22. The number of halogens is 1. The molecule has 0 aliphatic carbocycles. The Morgan fingerprint density at radius 3 is 1.73 bits per heavy atom. The van der Waals surface area contributed by atoms with E-state index in [1.807, 2.05) is 0 Å². The zero-order chi connectivity index (χ0) is 12.1. The highest BCUT2D eigenvalue weighted by atomic mass is 35.7. The van der Waals surface area contributed by atoms with E-state index in [1.54, 1.807) is 27.7 Å². The highest BCUT2D eigenvalue weighted by Gasteiger charge is 2.50. The monoisotopic (exact) mass is 253 g/mol. The lowest BCUT2D eigenvalue weighted by atomic mass is 9.82. The SMILES string of the molecule is CC1(C)CC(=O)CC(C)(C)N1S(=O)(=O)Cl. The molecule has 0 aromatic carbocycles. The molecule has 4 nitrogen and oxygen atoms in total. The second-order valence-corrected chi connectivity index (χ2v) is 7.58. The molecule has 0 saturated carbocycles. The molecule has 0 unspecified atom stereocenters. The van der Waals surface area contributed by atoms with Crippen LogP contribution in [0.3, 0.4) is 0 Å². The summed E-state index contributed by atoms with van der Waals surface area (Å²) < 4.78 is 24.2. The van der Waals surface area contributed by atoms with Crippen LogP contribution in [0.2, 0.25) is 0 Å². The van der Waals surface area contributed by atoms with Gasteiger partial charge in [-0.3, -0.25) is 4.79 Å². The lowest BCUT2D eigenvalue weighted by Gasteiger charge is -2.49. The van der Waals surface area contributed by atoms with Crippen LogP contribution in [0.4, 0.5) is 0 Å². The predicted molar refractivity (Wildman–Crippen MR) is 59.0 cm³/mol. The summed E-state index contributed by atoms with van der Waals surface area (Å²) in [4.78, 5) is 11.5. The van der Waals surface area contributed by atoms with Gasteiger partial charge in [-0.05, 0) is 27.7 Å². The van der Waals surface area contributed by atoms with Crippen molar-refractivity contribution in [2.75, 3.05) is 0 Å². The molecule has 0 aromatic rings. The fourth-order valence-corrected chi connectivity index (χ4v) is 5.01. The van der Waals surface area contributed by atoms with Crippen LogP contribution in [-0.2, 0) is 14.0 Å². The summed E-state index contributed by atoms with van der Waals surface area (Å²) in [6.45, 7) is 6.86. The van der Waals surface area contributed by atoms with Gasteiger partial charge in [-0.15, -0.1) is 0 Å². The highest BCUT2D eigenvalue weighted by molar-refractivity contribution is 8.11. The molecular formula is C9H16ClNO3S. The van der Waals surface area contributed by atoms with Gasteiger partial charge in [0.1, 0.15) is 5.78 Å². The average molecular weight is 254 g/mol. The molecule has 0 spiro atoms. The summed E-state index contributed by atoms with van der Waals surface area (Å²) in [5, 5.41) is 0. The van der Waals surface area contributed by atoms with E-state index in [0.717, 1.165) is 0 Å². The van der Waals surface area contributed by atoms with E-state index in [2.05, 4.69) is 0 Å². The summed E-state index contributed by atoms with van der Waals surface area (Å²) in [5.74, 6) is 0.0709. The Morgan fingerprint density at radius 2 is 1.47 bits per heavy atom. The van der Waals surface area contributed by atoms with E-state index in [-0.39, 0.29) is 18.6 Å². The average Bonchev–Trinajstić information content (AvgIpc) is 1.71. The highest BCUT2D eigenvalue weighted by Crippen LogP contribution is 2.39. The first-order chi connectivity index (χ1) is 6.47. The van der Waals surface area contributed by atoms with Crippen LogP contribution in [-0.4, -0.2) is 29.6 Å². The number of carbonyl (C=O) groups is 1. The molecule has 1 aliphatic rings. The third-order valence-electron chi connectivity index (χ3n) is 2.58. The van der Waals surface area contributed by atoms with Crippen LogP contribution in [0.1, 0.15) is 40.5 Å². The number of piperidine rings is 1. The first-order valence-corrected chi connectivity index (χ1v) is 7.00. The van der Waals surface area contributed by atoms with Gasteiger partial charge in [-0.25, -0.2) is 0 Å². The molecule has 1 aliphatic heterocycles. The number of hydrogen-bond donors (Lipinski definition) is 0. The molecule has 0 atom stereocenters. The Hall–Kier alpha value is -0.130. The Kier molecular flexibility index (Phi) is 2.96. The summed E-state index contributed by atoms with van der Waals surface area (Å²) in [6, 6.07) is 0. The maximum Gasteiger partial charge on any atom is 0.300 e. The van der Waals surface area contributed by atoms with Gasteiger partial charge >= 0.3 is 9.24 Å². The molecule has 88 valence electrons. The van der Waals surface area contributed by atoms with Crippen LogP contribution in [0.25, 0.3) is 0 Å². The van der Waals surface area contributed by atoms with E-state index >= 15 is 0 Å². The summed E-state index contributed by atoms with van der Waals surface area (Å²) in [6.07, 6.45) is 0.421. The predicted octanol–water partition coefficient (Wildman–Crippen LogP) is 1.69. The van der Waals surface area contributed by atoms with Gasteiger partial charge in [0.05, 0.1) is 0 Å². The van der Waals surface area contributed by atoms with Crippen LogP contribution in [0.15, 0.2) is 0 Å². The van der Waals surface area contributed by atoms with Crippen molar-refractivity contribution in [1.29, 1.82) is 0 Å². The molecule has 0 N–H and O–H groups in total. The minimum Gasteiger partial charge on any atom is -0.300 e. The van der Waals surface area contributed by atoms with E-state index in [9.17, 15) is 13.2 Å². The lowest BCUT2D eigenvalue weighted by molar-refractivity contribution is -0.127. The minimum atomic E-state index is -3.81. The molecule has 0 radical (unpaired) electrons. The molecule has 0 bridgehead atoms. The van der Waals surface area contributed by atoms with E-state index < -0.39 is 20.3 Å². The number of nitrogens with zero attached hydrogens (tertiary/aromatic N) is 1. The Labute approximate surface area is 95.1 Å². The maximum absolute atomic E-state index is 11.5. The molecule has 1 rings (SSSR count). The number of carbonyl (C=O) groups excluding carboxylic acids is 1. The Balaban J connectivity index is 3.26. The smallest absolute Gasteiger partial charge is 0.300 e. The van der Waals surface area contributed by atoms with Crippen molar-refractivity contribution < 1.29 is 13.2 Å². The van der Waals surface area contributed by atoms with Crippen molar-refractivity contribution in [3.63, 3.8) is 0 Å². The molecule has 6 heteroatoms. The quantitative estimate of drug-likeness (QED) is 0.669. The van der Waals surface area contributed by atoms with Crippen LogP contribution in [0.5, 0.6) is 0 Å². The molecule has 1 fully saturated rings. The van der Waals surface area contributed by atoms with Crippen molar-refractivity contribution in [2.45, 2.75) is 51.6 Å². The van der Waals surface area contributed by atoms with E-state index in [1.165, 1.54) is 4.31 Å². The number of hydrogen-bond acceptors (Lipinski definition) is 3. The van der Waals surface area contributed by atoms with E-state index in [4.69, 9.17) is 10.7 Å². The largest absolute Gasteiger partial charge is 0.300 e. The Morgan fingerprint density at radius 1 is 1.13 bits per heavy atom. The zero-order valence-corrected chi connectivity index (χ0v) is 10.9. The second kappa shape index (κ2) is 3.43. The van der Waals surface area contributed by atoms with Crippen molar-refractivity contribution in [1.82, 2.24) is 4.31 Å². The maximum atomic E-state index is 11.5. The fraction of sp³-hybridized carbons (Fsp3) is 0.889. The molecule has 1 saturated heterocycles. The number of ketones is 1. The standard InChI is InChI=1S/C9H16ClNO3S/c1-8(2)5-7(12)6-9(3,4)11(8)15(10,13)14/h5-6H2,1-4H3. The van der Waals surface area contributed by atoms with Gasteiger partial charge in [0, 0.05) is 34.6 Å². The minimum absolute atomic E-state index is 0.0709. The Bertz CT molecular complexity index is 366. The first kappa shape index (κ1) is 12.9. The topological polar surface area (TPSA) is 54.5 Å². The number of rotatable bonds is 1. The van der Waals surface area contributed by atoms with Crippen molar-refractivity contribution >= 4 is 25.7 Å². The van der Waals surface area contributed by atoms with Crippen molar-refractivity contribution in [3.8, 4) is 0 Å². The molecule has 0 aromatic heterocycles. The van der Waals surface area contributed by atoms with Crippen LogP contribution in [0, 0.1) is 0 Å². The van der Waals surface area contributed by atoms with Gasteiger partial charge in [-0.2, -0.15) is 12.7 Å². The fourth-order valence-electron chi connectivity index (χ4n) is 2.58. The molecule has 0 amide bonds. The zero-order valence-electron chi connectivity index (χ0n) is 9.37. The third kappa shape index (κ3) is 2.52. The first-order valence-electron chi connectivity index (χ1n) is 4.74. The van der Waals surface area contributed by atoms with Gasteiger partial charge in [-0.1, -0.05) is 0 Å². The summed E-state index contributed by atoms with van der Waals surface area (Å²) >= 11 is 0. The van der Waals surface area contributed by atoms with Gasteiger partial charge in [0.25, 0.3) is 0 Å².